The number of amides is 1. The van der Waals surface area contributed by atoms with Gasteiger partial charge in [0.15, 0.2) is 0 Å². The molecule has 0 aliphatic rings. The van der Waals surface area contributed by atoms with Gasteiger partial charge < -0.3 is 5.32 Å². The molecule has 0 atom stereocenters. The summed E-state index contributed by atoms with van der Waals surface area (Å²) in [6.45, 7) is 1.74. The molecule has 158 valence electrons. The zero-order chi connectivity index (χ0) is 22.2. The van der Waals surface area contributed by atoms with E-state index in [-0.39, 0.29) is 18.0 Å². The Hall–Kier alpha value is -3.48. The number of aryl methyl sites for hydroxylation is 1. The third-order valence-corrected chi connectivity index (χ3v) is 6.52. The smallest absolute Gasteiger partial charge is 0.263 e. The highest BCUT2D eigenvalue weighted by Gasteiger charge is 2.15. The van der Waals surface area contributed by atoms with Gasteiger partial charge >= 0.3 is 0 Å². The molecule has 32 heavy (non-hydrogen) atoms. The molecule has 0 unspecified atom stereocenters. The van der Waals surface area contributed by atoms with Gasteiger partial charge in [-0.25, -0.2) is 4.98 Å². The molecule has 1 N–H and O–H groups in total. The van der Waals surface area contributed by atoms with E-state index in [0.717, 1.165) is 27.5 Å². The number of fused-ring (bicyclic) bond motifs is 2. The maximum Gasteiger partial charge on any atom is 0.263 e. The first-order chi connectivity index (χ1) is 15.5. The lowest BCUT2D eigenvalue weighted by molar-refractivity contribution is -0.116. The van der Waals surface area contributed by atoms with Crippen molar-refractivity contribution < 1.29 is 4.79 Å². The van der Waals surface area contributed by atoms with Crippen molar-refractivity contribution in [2.75, 3.05) is 5.32 Å². The molecule has 0 radical (unpaired) electrons. The largest absolute Gasteiger partial charge is 0.324 e. The van der Waals surface area contributed by atoms with E-state index in [0.29, 0.717) is 20.9 Å². The molecule has 0 spiro atoms. The fourth-order valence-corrected chi connectivity index (χ4v) is 4.89. The minimum absolute atomic E-state index is 0.128. The van der Waals surface area contributed by atoms with Crippen LogP contribution in [0, 0.1) is 6.92 Å². The molecule has 3 aromatic carbocycles. The molecule has 0 saturated carbocycles. The van der Waals surface area contributed by atoms with Gasteiger partial charge in [0.25, 0.3) is 5.56 Å². The minimum atomic E-state index is -0.304. The zero-order valence-corrected chi connectivity index (χ0v) is 18.7. The van der Waals surface area contributed by atoms with Crippen LogP contribution in [0.5, 0.6) is 0 Å². The lowest BCUT2D eigenvalue weighted by Crippen LogP contribution is -2.28. The molecule has 0 saturated heterocycles. The fourth-order valence-electron chi connectivity index (χ4n) is 3.76. The number of halogens is 1. The van der Waals surface area contributed by atoms with Crippen LogP contribution in [0.25, 0.3) is 32.1 Å². The number of hydrogen-bond donors (Lipinski definition) is 1. The van der Waals surface area contributed by atoms with Gasteiger partial charge in [-0.2, -0.15) is 0 Å². The number of thiophene rings is 1. The Balaban J connectivity index is 1.49. The summed E-state index contributed by atoms with van der Waals surface area (Å²) in [5.41, 5.74) is 3.06. The summed E-state index contributed by atoms with van der Waals surface area (Å²) in [4.78, 5) is 31.0. The molecule has 0 aliphatic carbocycles. The molecule has 5 aromatic rings. The lowest BCUT2D eigenvalue weighted by Gasteiger charge is -2.10. The second kappa shape index (κ2) is 8.22. The van der Waals surface area contributed by atoms with Crippen LogP contribution in [0.1, 0.15) is 5.56 Å². The third kappa shape index (κ3) is 3.79. The predicted molar refractivity (Wildman–Crippen MR) is 132 cm³/mol. The number of aromatic nitrogens is 2. The van der Waals surface area contributed by atoms with Crippen LogP contribution >= 0.6 is 22.9 Å². The van der Waals surface area contributed by atoms with E-state index < -0.39 is 0 Å². The van der Waals surface area contributed by atoms with Crippen LogP contribution in [0.3, 0.4) is 0 Å². The number of carbonyl (C=O) groups excluding carboxylic acids is 1. The van der Waals surface area contributed by atoms with E-state index >= 15 is 0 Å². The Morgan fingerprint density at radius 3 is 2.72 bits per heavy atom. The summed E-state index contributed by atoms with van der Waals surface area (Å²) < 4.78 is 1.35. The number of anilines is 1. The lowest BCUT2D eigenvalue weighted by atomic mass is 10.0. The fraction of sp³-hybridized carbons (Fsp3) is 0.0800. The van der Waals surface area contributed by atoms with Crippen molar-refractivity contribution in [3.05, 3.63) is 93.3 Å². The summed E-state index contributed by atoms with van der Waals surface area (Å²) in [6.07, 6.45) is 1.43. The summed E-state index contributed by atoms with van der Waals surface area (Å²) in [7, 11) is 0. The average Bonchev–Trinajstić information content (AvgIpc) is 3.22. The number of hydrogen-bond acceptors (Lipinski definition) is 4. The molecule has 7 heteroatoms. The van der Waals surface area contributed by atoms with Crippen LogP contribution in [0.4, 0.5) is 5.69 Å². The Morgan fingerprint density at radius 2 is 1.91 bits per heavy atom. The van der Waals surface area contributed by atoms with Crippen molar-refractivity contribution in [2.45, 2.75) is 13.5 Å². The van der Waals surface area contributed by atoms with Crippen molar-refractivity contribution in [2.24, 2.45) is 0 Å². The highest BCUT2D eigenvalue weighted by molar-refractivity contribution is 7.17. The quantitative estimate of drug-likeness (QED) is 0.365. The third-order valence-electron chi connectivity index (χ3n) is 5.40. The van der Waals surface area contributed by atoms with Gasteiger partial charge in [0.2, 0.25) is 5.91 Å². The topological polar surface area (TPSA) is 64.0 Å². The van der Waals surface area contributed by atoms with Crippen LogP contribution in [-0.2, 0) is 11.3 Å². The molecular weight excluding hydrogens is 442 g/mol. The van der Waals surface area contributed by atoms with Gasteiger partial charge in [-0.1, -0.05) is 48.0 Å². The van der Waals surface area contributed by atoms with E-state index in [1.807, 2.05) is 42.6 Å². The van der Waals surface area contributed by atoms with Crippen LogP contribution in [-0.4, -0.2) is 15.5 Å². The maximum absolute atomic E-state index is 13.3. The van der Waals surface area contributed by atoms with Crippen molar-refractivity contribution in [1.82, 2.24) is 9.55 Å². The van der Waals surface area contributed by atoms with E-state index in [1.165, 1.54) is 22.2 Å². The highest BCUT2D eigenvalue weighted by atomic mass is 35.5. The minimum Gasteiger partial charge on any atom is -0.324 e. The van der Waals surface area contributed by atoms with E-state index in [4.69, 9.17) is 11.6 Å². The number of nitrogens with zero attached hydrogens (tertiary/aromatic N) is 2. The number of nitrogens with one attached hydrogen (secondary N) is 1. The molecule has 5 rings (SSSR count). The normalized spacial score (nSPS) is 11.2. The molecule has 0 fully saturated rings. The molecule has 0 bridgehead atoms. The van der Waals surface area contributed by atoms with E-state index in [9.17, 15) is 9.59 Å². The second-order valence-electron chi connectivity index (χ2n) is 7.58. The Bertz CT molecular complexity index is 1550. The van der Waals surface area contributed by atoms with Crippen LogP contribution < -0.4 is 10.9 Å². The number of carbonyl (C=O) groups is 1. The van der Waals surface area contributed by atoms with Gasteiger partial charge in [-0.05, 0) is 53.1 Å². The monoisotopic (exact) mass is 459 g/mol. The Kier molecular flexibility index (Phi) is 5.25. The summed E-state index contributed by atoms with van der Waals surface area (Å²) in [5.74, 6) is -0.304. The first-order valence-corrected chi connectivity index (χ1v) is 11.3. The van der Waals surface area contributed by atoms with Gasteiger partial charge in [-0.15, -0.1) is 11.3 Å². The maximum atomic E-state index is 13.3. The molecule has 0 aliphatic heterocycles. The molecule has 2 aromatic heterocycles. The van der Waals surface area contributed by atoms with Crippen LogP contribution in [0.2, 0.25) is 5.02 Å². The SMILES string of the molecule is Cc1cc(Cl)ccc1NC(=O)Cn1cnc2scc(-c3ccc4ccccc4c3)c2c1=O. The van der Waals surface area contributed by atoms with Gasteiger partial charge in [0, 0.05) is 21.7 Å². The molecular formula is C25H18ClN3O2S. The van der Waals surface area contributed by atoms with Gasteiger partial charge in [-0.3, -0.25) is 14.2 Å². The van der Waals surface area contributed by atoms with E-state index in [2.05, 4.69) is 22.4 Å². The summed E-state index contributed by atoms with van der Waals surface area (Å²) in [6, 6.07) is 19.5. The predicted octanol–water partition coefficient (Wildman–Crippen LogP) is 5.88. The first-order valence-electron chi connectivity index (χ1n) is 10.0. The molecule has 2 heterocycles. The highest BCUT2D eigenvalue weighted by Crippen LogP contribution is 2.32. The molecule has 1 amide bonds. The summed E-state index contributed by atoms with van der Waals surface area (Å²) >= 11 is 7.41. The number of rotatable bonds is 4. The van der Waals surface area contributed by atoms with E-state index in [1.54, 1.807) is 18.2 Å². The van der Waals surface area contributed by atoms with Crippen molar-refractivity contribution in [3.63, 3.8) is 0 Å². The van der Waals surface area contributed by atoms with Crippen molar-refractivity contribution in [3.8, 4) is 11.1 Å². The number of benzene rings is 3. The van der Waals surface area contributed by atoms with Crippen LogP contribution in [0.15, 0.2) is 77.2 Å². The Morgan fingerprint density at radius 1 is 1.09 bits per heavy atom. The van der Waals surface area contributed by atoms with Crippen molar-refractivity contribution >= 4 is 55.5 Å². The standard InChI is InChI=1S/C25H18ClN3O2S/c1-15-10-19(26)8-9-21(15)28-22(30)12-29-14-27-24-23(25(29)31)20(13-32-24)18-7-6-16-4-2-3-5-17(16)11-18/h2-11,13-14H,12H2,1H3,(H,28,30). The Labute approximate surface area is 192 Å². The summed E-state index contributed by atoms with van der Waals surface area (Å²) in [5, 5.41) is 8.16. The second-order valence-corrected chi connectivity index (χ2v) is 8.87. The molecule has 5 nitrogen and oxygen atoms in total. The van der Waals surface area contributed by atoms with Gasteiger partial charge in [0.05, 0.1) is 11.7 Å². The van der Waals surface area contributed by atoms with Crippen molar-refractivity contribution in [1.29, 1.82) is 0 Å². The zero-order valence-electron chi connectivity index (χ0n) is 17.1. The first kappa shape index (κ1) is 20.4. The van der Waals surface area contributed by atoms with Gasteiger partial charge in [0.1, 0.15) is 11.4 Å². The average molecular weight is 460 g/mol.